The molecule has 0 atom stereocenters. The summed E-state index contributed by atoms with van der Waals surface area (Å²) in [6.45, 7) is 12.9. The second-order valence-corrected chi connectivity index (χ2v) is 8.90. The van der Waals surface area contributed by atoms with E-state index in [1.807, 2.05) is 12.1 Å². The van der Waals surface area contributed by atoms with Gasteiger partial charge in [0, 0.05) is 10.1 Å². The van der Waals surface area contributed by atoms with Crippen molar-refractivity contribution in [2.45, 2.75) is 59.8 Å². The van der Waals surface area contributed by atoms with E-state index in [2.05, 4.69) is 82.8 Å². The zero-order valence-corrected chi connectivity index (χ0v) is 20.8. The van der Waals surface area contributed by atoms with Crippen LogP contribution in [0.4, 0.5) is 0 Å². The van der Waals surface area contributed by atoms with Crippen LogP contribution in [0.1, 0.15) is 63.1 Å². The van der Waals surface area contributed by atoms with Crippen molar-refractivity contribution in [2.24, 2.45) is 0 Å². The minimum atomic E-state index is 0.779. The highest BCUT2D eigenvalue weighted by Crippen LogP contribution is 2.31. The van der Waals surface area contributed by atoms with E-state index in [0.29, 0.717) is 0 Å². The van der Waals surface area contributed by atoms with Gasteiger partial charge in [-0.25, -0.2) is 0 Å². The summed E-state index contributed by atoms with van der Waals surface area (Å²) in [6, 6.07) is 16.7. The van der Waals surface area contributed by atoms with Gasteiger partial charge in [0.05, 0.1) is 0 Å². The number of hydrogen-bond acceptors (Lipinski definition) is 0. The predicted octanol–water partition coefficient (Wildman–Crippen LogP) is 9.87. The smallest absolute Gasteiger partial charge is 0.0412 e. The van der Waals surface area contributed by atoms with Gasteiger partial charge in [-0.3, -0.25) is 0 Å². The lowest BCUT2D eigenvalue weighted by Crippen LogP contribution is -1.99. The summed E-state index contributed by atoms with van der Waals surface area (Å²) in [7, 11) is 0. The summed E-state index contributed by atoms with van der Waals surface area (Å²) in [5.74, 6) is 0. The molecule has 0 fully saturated rings. The quantitative estimate of drug-likeness (QED) is 0.382. The molecule has 31 heavy (non-hydrogen) atoms. The fraction of sp³-hybridized carbons (Fsp3) is 0.310. The minimum Gasteiger partial charge on any atom is -0.0956 e. The number of rotatable bonds is 6. The Kier molecular flexibility index (Phi) is 10.4. The Hall–Kier alpha value is -2.02. The van der Waals surface area contributed by atoms with Gasteiger partial charge in [-0.2, -0.15) is 0 Å². The van der Waals surface area contributed by atoms with Crippen LogP contribution < -0.4 is 0 Å². The topological polar surface area (TPSA) is 0 Å². The summed E-state index contributed by atoms with van der Waals surface area (Å²) in [5.41, 5.74) is 9.07. The van der Waals surface area contributed by atoms with Gasteiger partial charge in [-0.1, -0.05) is 97.2 Å². The molecular weight excluding hydrogens is 419 g/mol. The molecule has 0 saturated heterocycles. The first-order valence-electron chi connectivity index (χ1n) is 11.1. The Balaban J connectivity index is 0.000000316. The third-order valence-corrected chi connectivity index (χ3v) is 6.35. The fourth-order valence-electron chi connectivity index (χ4n) is 3.58. The van der Waals surface area contributed by atoms with Gasteiger partial charge < -0.3 is 0 Å². The van der Waals surface area contributed by atoms with Crippen LogP contribution in [-0.4, -0.2) is 0 Å². The third-order valence-electron chi connectivity index (χ3n) is 5.80. The highest BCUT2D eigenvalue weighted by molar-refractivity contribution is 6.30. The molecule has 0 aliphatic heterocycles. The summed E-state index contributed by atoms with van der Waals surface area (Å²) in [4.78, 5) is 0. The highest BCUT2D eigenvalue weighted by Gasteiger charge is 2.12. The van der Waals surface area contributed by atoms with Crippen LogP contribution in [0, 0.1) is 6.92 Å². The lowest BCUT2D eigenvalue weighted by molar-refractivity contribution is 0.885. The summed E-state index contributed by atoms with van der Waals surface area (Å²) >= 11 is 12.0. The SMILES string of the molecule is C=C(CC)/C(C)=C(\Cc1ccccc1)c1cc(Cl)ccc1C.CCC1=CC=C(Cl)CC1. The van der Waals surface area contributed by atoms with Crippen molar-refractivity contribution in [3.8, 4) is 0 Å². The fourth-order valence-corrected chi connectivity index (χ4v) is 3.91. The van der Waals surface area contributed by atoms with Crippen LogP contribution in [0.15, 0.2) is 89.0 Å². The Morgan fingerprint density at radius 3 is 2.26 bits per heavy atom. The molecule has 0 unspecified atom stereocenters. The van der Waals surface area contributed by atoms with Gasteiger partial charge >= 0.3 is 0 Å². The maximum Gasteiger partial charge on any atom is 0.0412 e. The molecule has 0 radical (unpaired) electrons. The van der Waals surface area contributed by atoms with Gasteiger partial charge in [0.15, 0.2) is 0 Å². The highest BCUT2D eigenvalue weighted by atomic mass is 35.5. The van der Waals surface area contributed by atoms with Crippen molar-refractivity contribution in [1.29, 1.82) is 0 Å². The third kappa shape index (κ3) is 7.87. The molecule has 0 N–H and O–H groups in total. The Morgan fingerprint density at radius 1 is 0.968 bits per heavy atom. The van der Waals surface area contributed by atoms with Crippen LogP contribution in [0.5, 0.6) is 0 Å². The van der Waals surface area contributed by atoms with E-state index in [-0.39, 0.29) is 0 Å². The molecule has 0 spiro atoms. The molecule has 1 aliphatic carbocycles. The lowest BCUT2D eigenvalue weighted by Gasteiger charge is -2.17. The molecule has 1 aliphatic rings. The first-order chi connectivity index (χ1) is 14.8. The van der Waals surface area contributed by atoms with Crippen molar-refractivity contribution >= 4 is 28.8 Å². The van der Waals surface area contributed by atoms with E-state index in [0.717, 1.165) is 35.7 Å². The van der Waals surface area contributed by atoms with Crippen molar-refractivity contribution in [3.63, 3.8) is 0 Å². The van der Waals surface area contributed by atoms with Crippen LogP contribution in [0.3, 0.4) is 0 Å². The largest absolute Gasteiger partial charge is 0.0956 e. The van der Waals surface area contributed by atoms with E-state index in [1.54, 1.807) is 0 Å². The number of aryl methyl sites for hydroxylation is 1. The molecule has 164 valence electrons. The molecule has 0 aromatic heterocycles. The Morgan fingerprint density at radius 2 is 1.68 bits per heavy atom. The number of hydrogen-bond donors (Lipinski definition) is 0. The van der Waals surface area contributed by atoms with Crippen LogP contribution in [0.25, 0.3) is 5.57 Å². The molecule has 2 aromatic carbocycles. The van der Waals surface area contributed by atoms with Gasteiger partial charge in [0.1, 0.15) is 0 Å². The standard InChI is InChI=1S/C21H23Cl.C8H11Cl/c1-5-15(2)17(4)21(13-18-9-7-6-8-10-18)20-14-19(22)12-11-16(20)3;1-2-7-3-5-8(9)6-4-7/h6-12,14H,2,5,13H2,1,3-4H3;3,5H,2,4,6H2,1H3/b21-17+;. The van der Waals surface area contributed by atoms with Gasteiger partial charge in [-0.05, 0) is 92.0 Å². The maximum absolute atomic E-state index is 6.24. The molecule has 0 amide bonds. The molecule has 0 heterocycles. The summed E-state index contributed by atoms with van der Waals surface area (Å²) in [6.07, 6.45) is 9.36. The predicted molar refractivity (Wildman–Crippen MR) is 140 cm³/mol. The van der Waals surface area contributed by atoms with Crippen LogP contribution in [0.2, 0.25) is 5.02 Å². The molecular formula is C29H34Cl2. The number of allylic oxidation sites excluding steroid dienone is 7. The second kappa shape index (κ2) is 12.7. The van der Waals surface area contributed by atoms with Crippen molar-refractivity contribution in [2.75, 3.05) is 0 Å². The first kappa shape index (κ1) is 25.2. The molecule has 0 bridgehead atoms. The average Bonchev–Trinajstić information content (AvgIpc) is 2.80. The molecule has 3 rings (SSSR count). The normalized spacial score (nSPS) is 14.0. The van der Waals surface area contributed by atoms with E-state index in [1.165, 1.54) is 45.4 Å². The summed E-state index contributed by atoms with van der Waals surface area (Å²) in [5, 5.41) is 1.77. The van der Waals surface area contributed by atoms with Crippen molar-refractivity contribution in [1.82, 2.24) is 0 Å². The van der Waals surface area contributed by atoms with Gasteiger partial charge in [0.25, 0.3) is 0 Å². The zero-order chi connectivity index (χ0) is 22.8. The molecule has 0 saturated carbocycles. The Bertz CT molecular complexity index is 975. The van der Waals surface area contributed by atoms with Crippen molar-refractivity contribution < 1.29 is 0 Å². The maximum atomic E-state index is 6.24. The van der Waals surface area contributed by atoms with Gasteiger partial charge in [-0.15, -0.1) is 0 Å². The average molecular weight is 453 g/mol. The van der Waals surface area contributed by atoms with Crippen molar-refractivity contribution in [3.05, 3.63) is 111 Å². The minimum absolute atomic E-state index is 0.779. The summed E-state index contributed by atoms with van der Waals surface area (Å²) < 4.78 is 0. The molecule has 2 heteroatoms. The number of benzene rings is 2. The van der Waals surface area contributed by atoms with E-state index < -0.39 is 0 Å². The monoisotopic (exact) mass is 452 g/mol. The second-order valence-electron chi connectivity index (χ2n) is 7.97. The zero-order valence-electron chi connectivity index (χ0n) is 19.3. The van der Waals surface area contributed by atoms with Crippen LogP contribution in [-0.2, 0) is 6.42 Å². The Labute approximate surface area is 199 Å². The molecule has 0 nitrogen and oxygen atoms in total. The number of halogens is 2. The lowest BCUT2D eigenvalue weighted by atomic mass is 9.88. The van der Waals surface area contributed by atoms with E-state index in [4.69, 9.17) is 23.2 Å². The van der Waals surface area contributed by atoms with E-state index >= 15 is 0 Å². The van der Waals surface area contributed by atoms with E-state index in [9.17, 15) is 0 Å². The first-order valence-corrected chi connectivity index (χ1v) is 11.8. The van der Waals surface area contributed by atoms with Gasteiger partial charge in [0.2, 0.25) is 0 Å². The van der Waals surface area contributed by atoms with Crippen LogP contribution >= 0.6 is 23.2 Å². The molecule has 2 aromatic rings.